The van der Waals surface area contributed by atoms with Gasteiger partial charge in [0, 0.05) is 10.1 Å². The summed E-state index contributed by atoms with van der Waals surface area (Å²) in [6.07, 6.45) is 4.33. The fourth-order valence-corrected chi connectivity index (χ4v) is 3.92. The van der Waals surface area contributed by atoms with E-state index >= 15 is 0 Å². The highest BCUT2D eigenvalue weighted by atomic mass is 32.2. The molecule has 0 saturated heterocycles. The second-order valence-corrected chi connectivity index (χ2v) is 6.72. The second-order valence-electron chi connectivity index (χ2n) is 5.38. The highest BCUT2D eigenvalue weighted by molar-refractivity contribution is 8.00. The number of benzene rings is 1. The van der Waals surface area contributed by atoms with E-state index in [0.717, 1.165) is 10.8 Å². The lowest BCUT2D eigenvalue weighted by Gasteiger charge is -2.26. The van der Waals surface area contributed by atoms with Crippen LogP contribution in [0, 0.1) is 11.7 Å². The first-order valence-corrected chi connectivity index (χ1v) is 7.58. The highest BCUT2D eigenvalue weighted by Gasteiger charge is 2.21. The Labute approximate surface area is 113 Å². The van der Waals surface area contributed by atoms with Gasteiger partial charge in [0.15, 0.2) is 0 Å². The molecule has 1 aliphatic carbocycles. The molecule has 2 rings (SSSR count). The first-order valence-electron chi connectivity index (χ1n) is 6.70. The molecule has 0 heterocycles. The smallest absolute Gasteiger partial charge is 0.137 e. The topological polar surface area (TPSA) is 20.2 Å². The van der Waals surface area contributed by atoms with Crippen LogP contribution < -0.4 is 0 Å². The van der Waals surface area contributed by atoms with Crippen molar-refractivity contribution in [2.75, 3.05) is 0 Å². The van der Waals surface area contributed by atoms with Gasteiger partial charge in [-0.1, -0.05) is 25.8 Å². The van der Waals surface area contributed by atoms with Crippen molar-refractivity contribution in [1.29, 1.82) is 0 Å². The first-order chi connectivity index (χ1) is 8.56. The number of aliphatic hydroxyl groups excluding tert-OH is 1. The molecule has 100 valence electrons. The molecule has 0 spiro atoms. The molecule has 3 atom stereocenters. The van der Waals surface area contributed by atoms with Gasteiger partial charge in [-0.15, -0.1) is 11.8 Å². The number of aliphatic hydroxyl groups is 1. The van der Waals surface area contributed by atoms with Crippen LogP contribution in [0.25, 0.3) is 0 Å². The summed E-state index contributed by atoms with van der Waals surface area (Å²) in [7, 11) is 0. The van der Waals surface area contributed by atoms with E-state index in [0.29, 0.717) is 10.8 Å². The van der Waals surface area contributed by atoms with Gasteiger partial charge in [-0.3, -0.25) is 0 Å². The van der Waals surface area contributed by atoms with E-state index in [1.807, 2.05) is 6.07 Å². The van der Waals surface area contributed by atoms with Crippen LogP contribution in [0.3, 0.4) is 0 Å². The molecule has 0 amide bonds. The third-order valence-electron chi connectivity index (χ3n) is 3.62. The maximum Gasteiger partial charge on any atom is 0.137 e. The van der Waals surface area contributed by atoms with E-state index in [2.05, 4.69) is 6.92 Å². The van der Waals surface area contributed by atoms with Gasteiger partial charge < -0.3 is 5.11 Å². The minimum absolute atomic E-state index is 0.198. The Morgan fingerprint density at radius 3 is 2.78 bits per heavy atom. The minimum Gasteiger partial charge on any atom is -0.389 e. The van der Waals surface area contributed by atoms with Gasteiger partial charge in [0.05, 0.1) is 6.10 Å². The Hall–Kier alpha value is -0.540. The number of hydrogen-bond donors (Lipinski definition) is 1. The van der Waals surface area contributed by atoms with Crippen molar-refractivity contribution in [3.63, 3.8) is 0 Å². The third kappa shape index (κ3) is 3.48. The van der Waals surface area contributed by atoms with E-state index in [-0.39, 0.29) is 5.82 Å². The molecule has 1 fully saturated rings. The predicted molar refractivity (Wildman–Crippen MR) is 74.3 cm³/mol. The largest absolute Gasteiger partial charge is 0.389 e. The summed E-state index contributed by atoms with van der Waals surface area (Å²) in [4.78, 5) is 0.721. The van der Waals surface area contributed by atoms with Crippen molar-refractivity contribution in [3.05, 3.63) is 29.6 Å². The molecule has 0 aromatic heterocycles. The molecule has 1 aliphatic rings. The molecule has 0 radical (unpaired) electrons. The van der Waals surface area contributed by atoms with E-state index in [4.69, 9.17) is 0 Å². The lowest BCUT2D eigenvalue weighted by atomic mass is 9.91. The highest BCUT2D eigenvalue weighted by Crippen LogP contribution is 2.37. The number of hydrogen-bond acceptors (Lipinski definition) is 2. The van der Waals surface area contributed by atoms with Crippen LogP contribution >= 0.6 is 11.8 Å². The van der Waals surface area contributed by atoms with Crippen LogP contribution in [0.1, 0.15) is 51.2 Å². The van der Waals surface area contributed by atoms with E-state index in [1.165, 1.54) is 31.7 Å². The van der Waals surface area contributed by atoms with Gasteiger partial charge in [-0.2, -0.15) is 0 Å². The Morgan fingerprint density at radius 1 is 1.39 bits per heavy atom. The van der Waals surface area contributed by atoms with Crippen molar-refractivity contribution in [2.45, 2.75) is 55.8 Å². The molecule has 1 aromatic rings. The molecule has 2 unspecified atom stereocenters. The van der Waals surface area contributed by atoms with Crippen molar-refractivity contribution >= 4 is 11.8 Å². The average Bonchev–Trinajstić information content (AvgIpc) is 2.31. The molecule has 18 heavy (non-hydrogen) atoms. The standard InChI is InChI=1S/C15H21FOS/c1-10-4-3-5-13(8-10)18-15-7-6-12(11(2)17)9-14(15)16/h6-7,9-11,13,17H,3-5,8H2,1-2H3/t10?,11-,13?/m1/s1. The van der Waals surface area contributed by atoms with E-state index < -0.39 is 6.10 Å². The maximum absolute atomic E-state index is 13.9. The van der Waals surface area contributed by atoms with Crippen LogP contribution in [0.4, 0.5) is 4.39 Å². The first kappa shape index (κ1) is 13.9. The Morgan fingerprint density at radius 2 is 2.17 bits per heavy atom. The monoisotopic (exact) mass is 268 g/mol. The zero-order chi connectivity index (χ0) is 13.1. The molecule has 1 saturated carbocycles. The van der Waals surface area contributed by atoms with Gasteiger partial charge in [-0.25, -0.2) is 4.39 Å². The van der Waals surface area contributed by atoms with Gasteiger partial charge >= 0.3 is 0 Å². The normalized spacial score (nSPS) is 26.0. The van der Waals surface area contributed by atoms with Crippen LogP contribution in [0.2, 0.25) is 0 Å². The average molecular weight is 268 g/mol. The van der Waals surface area contributed by atoms with Crippen LogP contribution in [-0.2, 0) is 0 Å². The van der Waals surface area contributed by atoms with Crippen molar-refractivity contribution in [2.24, 2.45) is 5.92 Å². The van der Waals surface area contributed by atoms with Crippen molar-refractivity contribution in [1.82, 2.24) is 0 Å². The molecule has 3 heteroatoms. The number of halogens is 1. The summed E-state index contributed by atoms with van der Waals surface area (Å²) in [5, 5.41) is 9.96. The SMILES string of the molecule is CC1CCCC(Sc2ccc([C@@H](C)O)cc2F)C1. The third-order valence-corrected chi connectivity index (χ3v) is 4.97. The van der Waals surface area contributed by atoms with Gasteiger partial charge in [0.1, 0.15) is 5.82 Å². The Kier molecular flexibility index (Phi) is 4.68. The second kappa shape index (κ2) is 6.07. The fraction of sp³-hybridized carbons (Fsp3) is 0.600. The van der Waals surface area contributed by atoms with Crippen molar-refractivity contribution in [3.8, 4) is 0 Å². The summed E-state index contributed by atoms with van der Waals surface area (Å²) in [6.45, 7) is 3.93. The van der Waals surface area contributed by atoms with Crippen LogP contribution in [0.5, 0.6) is 0 Å². The van der Waals surface area contributed by atoms with Crippen molar-refractivity contribution < 1.29 is 9.50 Å². The van der Waals surface area contributed by atoms with Gasteiger partial charge in [0.2, 0.25) is 0 Å². The summed E-state index contributed by atoms with van der Waals surface area (Å²) in [5.41, 5.74) is 0.647. The van der Waals surface area contributed by atoms with Gasteiger partial charge in [0.25, 0.3) is 0 Å². The summed E-state index contributed by atoms with van der Waals surface area (Å²) in [5.74, 6) is 0.563. The fourth-order valence-electron chi connectivity index (χ4n) is 2.54. The molecular weight excluding hydrogens is 247 g/mol. The lowest BCUT2D eigenvalue weighted by molar-refractivity contribution is 0.198. The molecule has 1 nitrogen and oxygen atoms in total. The molecule has 0 bridgehead atoms. The molecular formula is C15H21FOS. The zero-order valence-corrected chi connectivity index (χ0v) is 11.8. The quantitative estimate of drug-likeness (QED) is 0.868. The molecule has 1 N–H and O–H groups in total. The molecule has 0 aliphatic heterocycles. The number of rotatable bonds is 3. The number of thioether (sulfide) groups is 1. The Balaban J connectivity index is 2.05. The maximum atomic E-state index is 13.9. The summed E-state index contributed by atoms with van der Waals surface area (Å²) in [6, 6.07) is 5.09. The molecule has 1 aromatic carbocycles. The Bertz CT molecular complexity index is 405. The van der Waals surface area contributed by atoms with Crippen LogP contribution in [0.15, 0.2) is 23.1 Å². The predicted octanol–water partition coefficient (Wildman–Crippen LogP) is 4.55. The zero-order valence-electron chi connectivity index (χ0n) is 11.0. The lowest BCUT2D eigenvalue weighted by Crippen LogP contribution is -2.15. The van der Waals surface area contributed by atoms with Gasteiger partial charge in [-0.05, 0) is 43.4 Å². The minimum atomic E-state index is -0.603. The van der Waals surface area contributed by atoms with E-state index in [9.17, 15) is 9.50 Å². The van der Waals surface area contributed by atoms with Crippen LogP contribution in [-0.4, -0.2) is 10.4 Å². The summed E-state index contributed by atoms with van der Waals surface area (Å²) < 4.78 is 13.9. The van der Waals surface area contributed by atoms with E-state index in [1.54, 1.807) is 24.8 Å². The summed E-state index contributed by atoms with van der Waals surface area (Å²) >= 11 is 1.66.